The van der Waals surface area contributed by atoms with E-state index in [0.717, 1.165) is 20.8 Å². The first-order chi connectivity index (χ1) is 6.76. The highest BCUT2D eigenvalue weighted by atomic mass is 19.4. The predicted octanol–water partition coefficient (Wildman–Crippen LogP) is 3.23. The summed E-state index contributed by atoms with van der Waals surface area (Å²) in [6.45, 7) is 3.42. The standard InChI is InChI=1S/C8H9F6O2/c1-6(2,3)5(15)16-4(7(9,10)11)8(12,13)14/h1-3H3. The molecule has 16 heavy (non-hydrogen) atoms. The lowest BCUT2D eigenvalue weighted by Gasteiger charge is -2.24. The minimum Gasteiger partial charge on any atom is -0.435 e. The molecule has 0 spiro atoms. The molecule has 1 radical (unpaired) electrons. The number of rotatable bonds is 1. The van der Waals surface area contributed by atoms with E-state index in [0.29, 0.717) is 0 Å². The molecule has 0 aromatic rings. The SMILES string of the molecule is CC(C)(C)C(=O)O[C](C(F)(F)F)C(F)(F)F. The monoisotopic (exact) mass is 251 g/mol. The minimum atomic E-state index is -5.75. The van der Waals surface area contributed by atoms with E-state index in [-0.39, 0.29) is 0 Å². The Bertz CT molecular complexity index is 245. The van der Waals surface area contributed by atoms with Gasteiger partial charge in [0.15, 0.2) is 0 Å². The summed E-state index contributed by atoms with van der Waals surface area (Å²) in [6, 6.07) is 0. The lowest BCUT2D eigenvalue weighted by Crippen LogP contribution is -2.40. The van der Waals surface area contributed by atoms with Crippen molar-refractivity contribution in [2.24, 2.45) is 5.41 Å². The number of hydrogen-bond donors (Lipinski definition) is 0. The van der Waals surface area contributed by atoms with Gasteiger partial charge in [0.2, 0.25) is 0 Å². The van der Waals surface area contributed by atoms with Crippen molar-refractivity contribution in [1.29, 1.82) is 0 Å². The molecule has 0 saturated heterocycles. The second-order valence-corrected chi connectivity index (χ2v) is 3.96. The van der Waals surface area contributed by atoms with Crippen LogP contribution in [0.1, 0.15) is 20.8 Å². The van der Waals surface area contributed by atoms with Crippen molar-refractivity contribution in [2.45, 2.75) is 33.1 Å². The van der Waals surface area contributed by atoms with Crippen LogP contribution in [0.25, 0.3) is 0 Å². The molecule has 95 valence electrons. The number of carbonyl (C=O) groups is 1. The van der Waals surface area contributed by atoms with Gasteiger partial charge in [-0.3, -0.25) is 4.79 Å². The maximum atomic E-state index is 11.9. The predicted molar refractivity (Wildman–Crippen MR) is 40.9 cm³/mol. The van der Waals surface area contributed by atoms with Crippen LogP contribution in [0.2, 0.25) is 0 Å². The molecule has 2 nitrogen and oxygen atoms in total. The molecule has 0 fully saturated rings. The van der Waals surface area contributed by atoms with Crippen LogP contribution in [0.15, 0.2) is 0 Å². The zero-order chi connectivity index (χ0) is 13.4. The Labute approximate surface area is 87.6 Å². The average Bonchev–Trinajstić information content (AvgIpc) is 1.92. The van der Waals surface area contributed by atoms with Crippen molar-refractivity contribution in [3.8, 4) is 0 Å². The summed E-state index contributed by atoms with van der Waals surface area (Å²) in [5.41, 5.74) is -1.46. The fourth-order valence-electron chi connectivity index (χ4n) is 0.522. The van der Waals surface area contributed by atoms with Crippen molar-refractivity contribution in [1.82, 2.24) is 0 Å². The Hall–Kier alpha value is -0.950. The number of ether oxygens (including phenoxy) is 1. The maximum absolute atomic E-state index is 11.9. The molecule has 0 atom stereocenters. The van der Waals surface area contributed by atoms with E-state index < -0.39 is 29.8 Å². The van der Waals surface area contributed by atoms with Gasteiger partial charge in [-0.05, 0) is 20.8 Å². The van der Waals surface area contributed by atoms with Gasteiger partial charge < -0.3 is 4.74 Å². The molecular weight excluding hydrogens is 242 g/mol. The van der Waals surface area contributed by atoms with E-state index >= 15 is 0 Å². The third-order valence-corrected chi connectivity index (χ3v) is 1.32. The molecule has 0 N–H and O–H groups in total. The lowest BCUT2D eigenvalue weighted by molar-refractivity contribution is -0.261. The summed E-state index contributed by atoms with van der Waals surface area (Å²) in [5, 5.41) is 0. The third-order valence-electron chi connectivity index (χ3n) is 1.32. The summed E-state index contributed by atoms with van der Waals surface area (Å²) >= 11 is 0. The van der Waals surface area contributed by atoms with Gasteiger partial charge in [-0.2, -0.15) is 26.3 Å². The van der Waals surface area contributed by atoms with Gasteiger partial charge in [0.05, 0.1) is 5.41 Å². The van der Waals surface area contributed by atoms with E-state index in [1.165, 1.54) is 0 Å². The van der Waals surface area contributed by atoms with Gasteiger partial charge in [-0.25, -0.2) is 0 Å². The zero-order valence-corrected chi connectivity index (χ0v) is 8.58. The third kappa shape index (κ3) is 4.28. The normalized spacial score (nSPS) is 14.1. The Morgan fingerprint density at radius 2 is 1.19 bits per heavy atom. The van der Waals surface area contributed by atoms with Crippen LogP contribution < -0.4 is 0 Å². The molecule has 0 aliphatic heterocycles. The Morgan fingerprint density at radius 1 is 0.875 bits per heavy atom. The minimum absolute atomic E-state index is 1.14. The van der Waals surface area contributed by atoms with Crippen molar-refractivity contribution in [2.75, 3.05) is 0 Å². The molecule has 0 aromatic carbocycles. The lowest BCUT2D eigenvalue weighted by atomic mass is 9.97. The molecule has 8 heteroatoms. The van der Waals surface area contributed by atoms with E-state index in [1.807, 2.05) is 0 Å². The smallest absolute Gasteiger partial charge is 0.435 e. The van der Waals surface area contributed by atoms with Gasteiger partial charge in [0.1, 0.15) is 0 Å². The topological polar surface area (TPSA) is 26.3 Å². The van der Waals surface area contributed by atoms with Crippen molar-refractivity contribution in [3.05, 3.63) is 6.10 Å². The molecule has 0 aliphatic rings. The van der Waals surface area contributed by atoms with Crippen LogP contribution in [0, 0.1) is 11.5 Å². The van der Waals surface area contributed by atoms with Gasteiger partial charge in [-0.15, -0.1) is 0 Å². The second-order valence-electron chi connectivity index (χ2n) is 3.96. The van der Waals surface area contributed by atoms with Gasteiger partial charge in [0.25, 0.3) is 0 Å². The molecule has 0 saturated carbocycles. The van der Waals surface area contributed by atoms with Crippen molar-refractivity contribution < 1.29 is 35.9 Å². The number of esters is 1. The highest BCUT2D eigenvalue weighted by molar-refractivity contribution is 5.76. The molecule has 0 aliphatic carbocycles. The number of halogens is 6. The first kappa shape index (κ1) is 15.0. The van der Waals surface area contributed by atoms with E-state index in [1.54, 1.807) is 0 Å². The van der Waals surface area contributed by atoms with Crippen LogP contribution in [0.3, 0.4) is 0 Å². The quantitative estimate of drug-likeness (QED) is 0.528. The van der Waals surface area contributed by atoms with E-state index in [4.69, 9.17) is 0 Å². The Morgan fingerprint density at radius 3 is 1.38 bits per heavy atom. The van der Waals surface area contributed by atoms with E-state index in [2.05, 4.69) is 4.74 Å². The molecule has 0 amide bonds. The van der Waals surface area contributed by atoms with Gasteiger partial charge in [-0.1, -0.05) is 0 Å². The molecule has 0 unspecified atom stereocenters. The Balaban J connectivity index is 4.93. The zero-order valence-electron chi connectivity index (χ0n) is 8.58. The summed E-state index contributed by atoms with van der Waals surface area (Å²) in [7, 11) is 0. The molecule has 0 rings (SSSR count). The van der Waals surface area contributed by atoms with Crippen LogP contribution in [0.4, 0.5) is 26.3 Å². The first-order valence-corrected chi connectivity index (χ1v) is 4.00. The summed E-state index contributed by atoms with van der Waals surface area (Å²) in [4.78, 5) is 10.9. The van der Waals surface area contributed by atoms with E-state index in [9.17, 15) is 31.1 Å². The highest BCUT2D eigenvalue weighted by Crippen LogP contribution is 2.42. The number of hydrogen-bond acceptors (Lipinski definition) is 2. The fraction of sp³-hybridized carbons (Fsp3) is 0.750. The second kappa shape index (κ2) is 4.14. The molecule has 0 bridgehead atoms. The molecule has 0 aromatic heterocycles. The fourth-order valence-corrected chi connectivity index (χ4v) is 0.522. The summed E-state index contributed by atoms with van der Waals surface area (Å²) in [5.74, 6) is -1.60. The average molecular weight is 251 g/mol. The first-order valence-electron chi connectivity index (χ1n) is 4.00. The van der Waals surface area contributed by atoms with Crippen LogP contribution in [-0.2, 0) is 9.53 Å². The van der Waals surface area contributed by atoms with Crippen LogP contribution >= 0.6 is 0 Å². The summed E-state index contributed by atoms with van der Waals surface area (Å²) in [6.07, 6.45) is -14.7. The van der Waals surface area contributed by atoms with Crippen molar-refractivity contribution in [3.63, 3.8) is 0 Å². The van der Waals surface area contributed by atoms with Crippen LogP contribution in [-0.4, -0.2) is 18.3 Å². The van der Waals surface area contributed by atoms with Crippen LogP contribution in [0.5, 0.6) is 0 Å². The Kier molecular flexibility index (Phi) is 3.89. The maximum Gasteiger partial charge on any atom is 0.442 e. The van der Waals surface area contributed by atoms with Crippen molar-refractivity contribution >= 4 is 5.97 Å². The van der Waals surface area contributed by atoms with Gasteiger partial charge in [0, 0.05) is 0 Å². The number of carbonyl (C=O) groups excluding carboxylic acids is 1. The number of alkyl halides is 6. The molecule has 0 heterocycles. The largest absolute Gasteiger partial charge is 0.442 e. The van der Waals surface area contributed by atoms with Gasteiger partial charge >= 0.3 is 24.4 Å². The summed E-state index contributed by atoms with van der Waals surface area (Å²) < 4.78 is 75.0. The molecular formula is C8H9F6O2. The highest BCUT2D eigenvalue weighted by Gasteiger charge is 2.62.